The highest BCUT2D eigenvalue weighted by Gasteiger charge is 2.19. The van der Waals surface area contributed by atoms with Crippen LogP contribution in [0.5, 0.6) is 5.75 Å². The number of methoxy groups -OCH3 is 1. The molecule has 0 spiro atoms. The molecule has 2 N–H and O–H groups in total. The molecule has 20 heavy (non-hydrogen) atoms. The zero-order valence-electron chi connectivity index (χ0n) is 10.6. The molecule has 0 saturated carbocycles. The van der Waals surface area contributed by atoms with Crippen molar-refractivity contribution in [3.05, 3.63) is 50.3 Å². The molecule has 6 heteroatoms. The van der Waals surface area contributed by atoms with Crippen molar-refractivity contribution in [2.75, 3.05) is 7.11 Å². The standard InChI is InChI=1S/C14H11NO5/c1-19-14-12(18)10(17)5-9-13(14)20-11-3-2-7(6-16)4-8(11)15-9/h2-5,15-16H,6H2,1H3. The number of rotatable bonds is 2. The van der Waals surface area contributed by atoms with E-state index in [9.17, 15) is 9.59 Å². The Bertz CT molecular complexity index is 877. The van der Waals surface area contributed by atoms with Gasteiger partial charge in [0, 0.05) is 6.07 Å². The van der Waals surface area contributed by atoms with Gasteiger partial charge in [-0.3, -0.25) is 9.59 Å². The number of aliphatic hydroxyl groups is 1. The van der Waals surface area contributed by atoms with Crippen molar-refractivity contribution in [1.29, 1.82) is 0 Å². The van der Waals surface area contributed by atoms with Crippen LogP contribution in [-0.4, -0.2) is 17.2 Å². The molecule has 0 bridgehead atoms. The summed E-state index contributed by atoms with van der Waals surface area (Å²) in [6, 6.07) is 6.26. The summed E-state index contributed by atoms with van der Waals surface area (Å²) >= 11 is 0. The number of hydrogen-bond acceptors (Lipinski definition) is 5. The van der Waals surface area contributed by atoms with Crippen molar-refractivity contribution in [3.8, 4) is 17.2 Å². The van der Waals surface area contributed by atoms with Crippen LogP contribution in [0.4, 0.5) is 0 Å². The first kappa shape index (κ1) is 12.4. The Hall–Kier alpha value is -2.60. The fraction of sp³-hybridized carbons (Fsp3) is 0.143. The van der Waals surface area contributed by atoms with Crippen molar-refractivity contribution in [3.63, 3.8) is 0 Å². The number of ether oxygens (including phenoxy) is 1. The van der Waals surface area contributed by atoms with Gasteiger partial charge in [0.05, 0.1) is 24.9 Å². The molecule has 1 heterocycles. The number of nitrogens with one attached hydrogen (secondary N) is 1. The number of hydrogen-bond donors (Lipinski definition) is 2. The number of benzene rings is 2. The van der Waals surface area contributed by atoms with E-state index >= 15 is 0 Å². The fourth-order valence-corrected chi connectivity index (χ4v) is 2.10. The average molecular weight is 273 g/mol. The molecule has 0 fully saturated rings. The third kappa shape index (κ3) is 1.78. The number of aromatic nitrogens is 1. The minimum Gasteiger partial charge on any atom is -0.489 e. The number of aliphatic hydroxyl groups excluding tert-OH is 1. The van der Waals surface area contributed by atoms with Gasteiger partial charge in [-0.25, -0.2) is 0 Å². The highest BCUT2D eigenvalue weighted by Crippen LogP contribution is 2.29. The van der Waals surface area contributed by atoms with Crippen LogP contribution in [0.2, 0.25) is 0 Å². The van der Waals surface area contributed by atoms with Crippen LogP contribution in [0.15, 0.2) is 38.3 Å². The van der Waals surface area contributed by atoms with Gasteiger partial charge in [-0.05, 0) is 17.7 Å². The van der Waals surface area contributed by atoms with Crippen molar-refractivity contribution in [1.82, 2.24) is 4.98 Å². The molecule has 1 aliphatic carbocycles. The van der Waals surface area contributed by atoms with Gasteiger partial charge in [-0.15, -0.1) is 0 Å². The topological polar surface area (TPSA) is 92.5 Å². The Morgan fingerprint density at radius 3 is 2.80 bits per heavy atom. The van der Waals surface area contributed by atoms with Crippen LogP contribution in [0.25, 0.3) is 22.6 Å². The van der Waals surface area contributed by atoms with E-state index in [0.29, 0.717) is 22.4 Å². The maximum absolute atomic E-state index is 11.7. The lowest BCUT2D eigenvalue weighted by Crippen LogP contribution is -2.25. The molecule has 1 aromatic rings. The van der Waals surface area contributed by atoms with Gasteiger partial charge in [-0.2, -0.15) is 0 Å². The second-order valence-electron chi connectivity index (χ2n) is 4.33. The third-order valence-corrected chi connectivity index (χ3v) is 3.07. The van der Waals surface area contributed by atoms with E-state index < -0.39 is 10.9 Å². The number of H-pyrrole nitrogens is 1. The Balaban J connectivity index is 2.44. The quantitative estimate of drug-likeness (QED) is 0.538. The predicted octanol–water partition coefficient (Wildman–Crippen LogP) is 1.09. The van der Waals surface area contributed by atoms with Gasteiger partial charge < -0.3 is 19.2 Å². The smallest absolute Gasteiger partial charge is 0.271 e. The average Bonchev–Trinajstić information content (AvgIpc) is 2.46. The Morgan fingerprint density at radius 1 is 1.30 bits per heavy atom. The third-order valence-electron chi connectivity index (χ3n) is 3.07. The van der Waals surface area contributed by atoms with E-state index in [1.807, 2.05) is 0 Å². The Morgan fingerprint density at radius 2 is 2.10 bits per heavy atom. The minimum atomic E-state index is -0.733. The molecule has 0 atom stereocenters. The molecular formula is C14H11NO5. The fourth-order valence-electron chi connectivity index (χ4n) is 2.10. The molecule has 1 aromatic carbocycles. The molecule has 0 saturated heterocycles. The van der Waals surface area contributed by atoms with Gasteiger partial charge in [0.2, 0.25) is 11.2 Å². The normalized spacial score (nSPS) is 11.1. The summed E-state index contributed by atoms with van der Waals surface area (Å²) in [6.45, 7) is -0.0998. The molecule has 0 amide bonds. The first-order valence-corrected chi connectivity index (χ1v) is 5.91. The summed E-state index contributed by atoms with van der Waals surface area (Å²) in [4.78, 5) is 26.3. The van der Waals surface area contributed by atoms with Gasteiger partial charge in [-0.1, -0.05) is 6.07 Å². The van der Waals surface area contributed by atoms with Crippen molar-refractivity contribution < 1.29 is 14.3 Å². The molecule has 0 aromatic heterocycles. The monoisotopic (exact) mass is 273 g/mol. The van der Waals surface area contributed by atoms with E-state index in [4.69, 9.17) is 14.3 Å². The van der Waals surface area contributed by atoms with Crippen LogP contribution in [0.1, 0.15) is 5.56 Å². The molecular weight excluding hydrogens is 262 g/mol. The molecule has 3 rings (SSSR count). The summed E-state index contributed by atoms with van der Waals surface area (Å²) < 4.78 is 10.6. The lowest BCUT2D eigenvalue weighted by atomic mass is 10.1. The SMILES string of the molecule is COc1c2oc3ccc(CO)cc3[nH]c-2cc(=O)c1=O. The lowest BCUT2D eigenvalue weighted by molar-refractivity contribution is 0.282. The van der Waals surface area contributed by atoms with E-state index in [2.05, 4.69) is 4.98 Å². The number of fused-ring (bicyclic) bond motifs is 2. The van der Waals surface area contributed by atoms with Gasteiger partial charge in [0.15, 0.2) is 11.3 Å². The van der Waals surface area contributed by atoms with Crippen LogP contribution >= 0.6 is 0 Å². The lowest BCUT2D eigenvalue weighted by Gasteiger charge is -2.10. The highest BCUT2D eigenvalue weighted by atomic mass is 16.5. The van der Waals surface area contributed by atoms with Crippen molar-refractivity contribution in [2.24, 2.45) is 0 Å². The maximum Gasteiger partial charge on any atom is 0.271 e. The van der Waals surface area contributed by atoms with Crippen LogP contribution in [0.3, 0.4) is 0 Å². The molecule has 6 nitrogen and oxygen atoms in total. The summed E-state index contributed by atoms with van der Waals surface area (Å²) in [5.74, 6) is 0.0817. The zero-order chi connectivity index (χ0) is 14.3. The summed E-state index contributed by atoms with van der Waals surface area (Å²) in [7, 11) is 1.31. The maximum atomic E-state index is 11.7. The summed E-state index contributed by atoms with van der Waals surface area (Å²) in [5.41, 5.74) is 0.782. The first-order chi connectivity index (χ1) is 9.63. The zero-order valence-corrected chi connectivity index (χ0v) is 10.6. The van der Waals surface area contributed by atoms with Gasteiger partial charge in [0.1, 0.15) is 0 Å². The molecule has 102 valence electrons. The summed E-state index contributed by atoms with van der Waals surface area (Å²) in [6.07, 6.45) is 0. The first-order valence-electron chi connectivity index (χ1n) is 5.91. The Labute approximate surface area is 112 Å². The number of aromatic amines is 1. The molecule has 0 radical (unpaired) electrons. The van der Waals surface area contributed by atoms with E-state index in [-0.39, 0.29) is 18.1 Å². The van der Waals surface area contributed by atoms with Gasteiger partial charge in [0.25, 0.3) is 5.43 Å². The predicted molar refractivity (Wildman–Crippen MR) is 72.2 cm³/mol. The van der Waals surface area contributed by atoms with Crippen molar-refractivity contribution in [2.45, 2.75) is 6.61 Å². The van der Waals surface area contributed by atoms with Crippen LogP contribution in [-0.2, 0) is 6.61 Å². The second-order valence-corrected chi connectivity index (χ2v) is 4.33. The highest BCUT2D eigenvalue weighted by molar-refractivity contribution is 5.78. The van der Waals surface area contributed by atoms with Crippen molar-refractivity contribution >= 4 is 11.1 Å². The Kier molecular flexibility index (Phi) is 2.80. The van der Waals surface area contributed by atoms with E-state index in [1.165, 1.54) is 13.2 Å². The second kappa shape index (κ2) is 4.50. The molecule has 0 unspecified atom stereocenters. The molecule has 2 aliphatic rings. The van der Waals surface area contributed by atoms with Crippen LogP contribution < -0.4 is 15.6 Å². The largest absolute Gasteiger partial charge is 0.489 e. The molecule has 1 aliphatic heterocycles. The summed E-state index contributed by atoms with van der Waals surface area (Å²) in [5, 5.41) is 9.12. The van der Waals surface area contributed by atoms with E-state index in [1.54, 1.807) is 18.2 Å². The van der Waals surface area contributed by atoms with Gasteiger partial charge >= 0.3 is 0 Å². The van der Waals surface area contributed by atoms with E-state index in [0.717, 1.165) is 0 Å². The van der Waals surface area contributed by atoms with Crippen LogP contribution in [0, 0.1) is 0 Å². The minimum absolute atomic E-state index is 0.0998.